The Morgan fingerprint density at radius 3 is 3.06 bits per heavy atom. The Bertz CT molecular complexity index is 540. The number of carbonyl (C=O) groups excluding carboxylic acids is 1. The number of amides is 1. The number of furan rings is 1. The van der Waals surface area contributed by atoms with Crippen LogP contribution in [0.4, 0.5) is 0 Å². The second-order valence-corrected chi connectivity index (χ2v) is 3.86. The molecule has 0 atom stereocenters. The number of para-hydroxylation sites is 1. The molecule has 0 fully saturated rings. The Morgan fingerprint density at radius 1 is 1.41 bits per heavy atom. The summed E-state index contributed by atoms with van der Waals surface area (Å²) in [7, 11) is 0. The van der Waals surface area contributed by atoms with E-state index in [4.69, 9.17) is 4.42 Å². The van der Waals surface area contributed by atoms with Gasteiger partial charge in [0, 0.05) is 24.4 Å². The summed E-state index contributed by atoms with van der Waals surface area (Å²) in [5, 5.41) is 3.86. The molecule has 0 saturated carbocycles. The number of hydrogen-bond donors (Lipinski definition) is 1. The summed E-state index contributed by atoms with van der Waals surface area (Å²) < 4.78 is 5.42. The van der Waals surface area contributed by atoms with Crippen LogP contribution in [0, 0.1) is 0 Å². The number of benzene rings is 1. The van der Waals surface area contributed by atoms with Gasteiger partial charge in [-0.15, -0.1) is 0 Å². The Labute approximate surface area is 100 Å². The normalized spacial score (nSPS) is 11.1. The third-order valence-electron chi connectivity index (χ3n) is 2.49. The Kier molecular flexibility index (Phi) is 3.60. The van der Waals surface area contributed by atoms with Crippen molar-refractivity contribution in [2.45, 2.75) is 13.3 Å². The largest absolute Gasteiger partial charge is 0.464 e. The first kappa shape index (κ1) is 11.5. The standard InChI is InChI=1S/C14H15NO2/c1-11(16)15-9-5-4-6-12-10-17-14-8-3-2-7-13(12)14/h2-4,6-8,10H,5,9H2,1H3,(H,15,16). The van der Waals surface area contributed by atoms with Crippen LogP contribution in [0.2, 0.25) is 0 Å². The number of fused-ring (bicyclic) bond motifs is 1. The molecule has 1 N–H and O–H groups in total. The molecule has 0 bridgehead atoms. The van der Waals surface area contributed by atoms with E-state index in [1.165, 1.54) is 6.92 Å². The minimum Gasteiger partial charge on any atom is -0.464 e. The monoisotopic (exact) mass is 229 g/mol. The van der Waals surface area contributed by atoms with Crippen molar-refractivity contribution >= 4 is 23.0 Å². The lowest BCUT2D eigenvalue weighted by Crippen LogP contribution is -2.20. The van der Waals surface area contributed by atoms with Crippen LogP contribution in [-0.2, 0) is 4.79 Å². The fourth-order valence-electron chi connectivity index (χ4n) is 1.67. The molecule has 0 saturated heterocycles. The SMILES string of the molecule is CC(=O)NCCC=Cc1coc2ccccc12. The van der Waals surface area contributed by atoms with E-state index < -0.39 is 0 Å². The van der Waals surface area contributed by atoms with Crippen molar-refractivity contribution in [2.75, 3.05) is 6.54 Å². The molecule has 88 valence electrons. The van der Waals surface area contributed by atoms with Crippen LogP contribution in [0.1, 0.15) is 18.9 Å². The zero-order valence-corrected chi connectivity index (χ0v) is 9.77. The van der Waals surface area contributed by atoms with Gasteiger partial charge in [-0.3, -0.25) is 4.79 Å². The predicted molar refractivity (Wildman–Crippen MR) is 68.5 cm³/mol. The summed E-state index contributed by atoms with van der Waals surface area (Å²) in [5.74, 6) is 0.00663. The lowest BCUT2D eigenvalue weighted by atomic mass is 10.1. The minimum atomic E-state index is 0.00663. The first-order valence-electron chi connectivity index (χ1n) is 5.64. The molecule has 1 heterocycles. The van der Waals surface area contributed by atoms with Gasteiger partial charge in [-0.25, -0.2) is 0 Å². The molecule has 3 heteroatoms. The van der Waals surface area contributed by atoms with E-state index in [0.29, 0.717) is 6.54 Å². The summed E-state index contributed by atoms with van der Waals surface area (Å²) in [6.07, 6.45) is 6.62. The van der Waals surface area contributed by atoms with E-state index in [9.17, 15) is 4.79 Å². The number of nitrogens with one attached hydrogen (secondary N) is 1. The van der Waals surface area contributed by atoms with Gasteiger partial charge in [0.15, 0.2) is 0 Å². The molecule has 0 unspecified atom stereocenters. The Hall–Kier alpha value is -2.03. The third kappa shape index (κ3) is 2.97. The molecule has 1 amide bonds. The van der Waals surface area contributed by atoms with Crippen LogP contribution in [0.5, 0.6) is 0 Å². The van der Waals surface area contributed by atoms with Gasteiger partial charge in [0.05, 0.1) is 6.26 Å². The molecular weight excluding hydrogens is 214 g/mol. The quantitative estimate of drug-likeness (QED) is 0.819. The summed E-state index contributed by atoms with van der Waals surface area (Å²) >= 11 is 0. The molecule has 2 rings (SSSR count). The van der Waals surface area contributed by atoms with Crippen molar-refractivity contribution < 1.29 is 9.21 Å². The van der Waals surface area contributed by atoms with Crippen molar-refractivity contribution in [2.24, 2.45) is 0 Å². The van der Waals surface area contributed by atoms with Gasteiger partial charge in [0.1, 0.15) is 5.58 Å². The molecule has 0 aliphatic carbocycles. The van der Waals surface area contributed by atoms with Crippen LogP contribution in [0.3, 0.4) is 0 Å². The van der Waals surface area contributed by atoms with E-state index in [-0.39, 0.29) is 5.91 Å². The van der Waals surface area contributed by atoms with Gasteiger partial charge >= 0.3 is 0 Å². The van der Waals surface area contributed by atoms with E-state index >= 15 is 0 Å². The topological polar surface area (TPSA) is 42.2 Å². The molecule has 2 aromatic rings. The fourth-order valence-corrected chi connectivity index (χ4v) is 1.67. The molecule has 0 radical (unpaired) electrons. The molecule has 0 aliphatic rings. The average Bonchev–Trinajstić information content (AvgIpc) is 2.72. The minimum absolute atomic E-state index is 0.00663. The fraction of sp³-hybridized carbons (Fsp3) is 0.214. The van der Waals surface area contributed by atoms with Crippen LogP contribution in [0.25, 0.3) is 17.0 Å². The van der Waals surface area contributed by atoms with E-state index in [2.05, 4.69) is 5.32 Å². The van der Waals surface area contributed by atoms with Crippen LogP contribution in [-0.4, -0.2) is 12.5 Å². The molecule has 1 aromatic carbocycles. The number of rotatable bonds is 4. The van der Waals surface area contributed by atoms with Gasteiger partial charge in [0.25, 0.3) is 0 Å². The van der Waals surface area contributed by atoms with Gasteiger partial charge in [-0.1, -0.05) is 30.4 Å². The summed E-state index contributed by atoms with van der Waals surface area (Å²) in [5.41, 5.74) is 1.97. The highest BCUT2D eigenvalue weighted by molar-refractivity contribution is 5.86. The molecule has 0 aliphatic heterocycles. The lowest BCUT2D eigenvalue weighted by Gasteiger charge is -1.96. The summed E-state index contributed by atoms with van der Waals surface area (Å²) in [6, 6.07) is 7.93. The first-order valence-corrected chi connectivity index (χ1v) is 5.64. The zero-order chi connectivity index (χ0) is 12.1. The first-order chi connectivity index (χ1) is 8.27. The summed E-state index contributed by atoms with van der Waals surface area (Å²) in [6.45, 7) is 2.19. The second kappa shape index (κ2) is 5.34. The summed E-state index contributed by atoms with van der Waals surface area (Å²) in [4.78, 5) is 10.7. The maximum absolute atomic E-state index is 10.7. The highest BCUT2D eigenvalue weighted by Crippen LogP contribution is 2.21. The van der Waals surface area contributed by atoms with Gasteiger partial charge in [0.2, 0.25) is 5.91 Å². The van der Waals surface area contributed by atoms with Crippen molar-refractivity contribution in [3.8, 4) is 0 Å². The van der Waals surface area contributed by atoms with Crippen molar-refractivity contribution in [1.82, 2.24) is 5.32 Å². The molecular formula is C14H15NO2. The third-order valence-corrected chi connectivity index (χ3v) is 2.49. The Balaban J connectivity index is 1.98. The van der Waals surface area contributed by atoms with Gasteiger partial charge in [-0.2, -0.15) is 0 Å². The highest BCUT2D eigenvalue weighted by Gasteiger charge is 2.00. The van der Waals surface area contributed by atoms with Crippen LogP contribution in [0.15, 0.2) is 41.0 Å². The van der Waals surface area contributed by atoms with Crippen LogP contribution < -0.4 is 5.32 Å². The predicted octanol–water partition coefficient (Wildman–Crippen LogP) is 2.97. The van der Waals surface area contributed by atoms with E-state index in [1.807, 2.05) is 36.4 Å². The molecule has 1 aromatic heterocycles. The van der Waals surface area contributed by atoms with Crippen LogP contribution >= 0.6 is 0 Å². The zero-order valence-electron chi connectivity index (χ0n) is 9.77. The second-order valence-electron chi connectivity index (χ2n) is 3.86. The highest BCUT2D eigenvalue weighted by atomic mass is 16.3. The van der Waals surface area contributed by atoms with E-state index in [0.717, 1.165) is 23.0 Å². The maximum Gasteiger partial charge on any atom is 0.216 e. The maximum atomic E-state index is 10.7. The van der Waals surface area contributed by atoms with E-state index in [1.54, 1.807) is 6.26 Å². The molecule has 17 heavy (non-hydrogen) atoms. The van der Waals surface area contributed by atoms with Gasteiger partial charge in [-0.05, 0) is 12.5 Å². The number of hydrogen-bond acceptors (Lipinski definition) is 2. The number of carbonyl (C=O) groups is 1. The Morgan fingerprint density at radius 2 is 2.24 bits per heavy atom. The lowest BCUT2D eigenvalue weighted by molar-refractivity contribution is -0.118. The van der Waals surface area contributed by atoms with Crippen molar-refractivity contribution in [3.05, 3.63) is 42.2 Å². The molecule has 0 spiro atoms. The van der Waals surface area contributed by atoms with Crippen molar-refractivity contribution in [3.63, 3.8) is 0 Å². The van der Waals surface area contributed by atoms with Crippen molar-refractivity contribution in [1.29, 1.82) is 0 Å². The molecule has 3 nitrogen and oxygen atoms in total. The smallest absolute Gasteiger partial charge is 0.216 e. The average molecular weight is 229 g/mol. The van der Waals surface area contributed by atoms with Gasteiger partial charge < -0.3 is 9.73 Å².